The summed E-state index contributed by atoms with van der Waals surface area (Å²) < 4.78 is 25.8. The fourth-order valence-corrected chi connectivity index (χ4v) is 5.66. The lowest BCUT2D eigenvalue weighted by atomic mass is 9.85. The van der Waals surface area contributed by atoms with Crippen molar-refractivity contribution in [2.24, 2.45) is 0 Å². The Morgan fingerprint density at radius 3 is 2.44 bits per heavy atom. The van der Waals surface area contributed by atoms with Gasteiger partial charge in [0, 0.05) is 29.0 Å². The Hall–Kier alpha value is -2.42. The van der Waals surface area contributed by atoms with Gasteiger partial charge in [0.05, 0.1) is 22.2 Å². The molecule has 0 saturated carbocycles. The fourth-order valence-electron chi connectivity index (χ4n) is 4.33. The number of nitrogens with zero attached hydrogens (tertiary/aromatic N) is 2. The van der Waals surface area contributed by atoms with E-state index < -0.39 is 21.0 Å². The molecule has 2 unspecified atom stereocenters. The van der Waals surface area contributed by atoms with Crippen molar-refractivity contribution in [2.75, 3.05) is 12.9 Å². The summed E-state index contributed by atoms with van der Waals surface area (Å²) in [5, 5.41) is 22.2. The summed E-state index contributed by atoms with van der Waals surface area (Å²) in [6.45, 7) is 4.79. The number of hydrogen-bond donors (Lipinski definition) is 2. The number of allylic oxidation sites excluding steroid dienone is 2. The number of imidazole rings is 1. The summed E-state index contributed by atoms with van der Waals surface area (Å²) in [6, 6.07) is 12.2. The van der Waals surface area contributed by atoms with E-state index in [0.717, 1.165) is 11.1 Å². The number of aliphatic hydroxyl groups excluding tert-OH is 1. The molecule has 0 spiro atoms. The summed E-state index contributed by atoms with van der Waals surface area (Å²) in [5.41, 5.74) is 0.233. The van der Waals surface area contributed by atoms with E-state index in [1.54, 1.807) is 61.0 Å². The molecule has 190 valence electrons. The number of rotatable bonds is 6. The van der Waals surface area contributed by atoms with Crippen LogP contribution in [0.3, 0.4) is 0 Å². The SMILES string of the molecule is Cc1cccc(Cl)c1-c1nc(C(C)(C)O)cn1C1(CO)C=CC(c2cccc(S(C)(=O)=O)c2)C=C1Cl. The first-order valence-corrected chi connectivity index (χ1v) is 14.0. The molecule has 36 heavy (non-hydrogen) atoms. The van der Waals surface area contributed by atoms with Crippen molar-refractivity contribution in [2.45, 2.75) is 42.7 Å². The van der Waals surface area contributed by atoms with Crippen LogP contribution in [0.4, 0.5) is 0 Å². The molecule has 2 N–H and O–H groups in total. The molecule has 3 aromatic rings. The summed E-state index contributed by atoms with van der Waals surface area (Å²) in [4.78, 5) is 4.94. The minimum atomic E-state index is -3.37. The van der Waals surface area contributed by atoms with Crippen molar-refractivity contribution in [1.82, 2.24) is 9.55 Å². The minimum absolute atomic E-state index is 0.220. The second-order valence-electron chi connectivity index (χ2n) is 9.64. The van der Waals surface area contributed by atoms with Crippen molar-refractivity contribution < 1.29 is 18.6 Å². The Kier molecular flexibility index (Phi) is 7.01. The highest BCUT2D eigenvalue weighted by atomic mass is 35.5. The third kappa shape index (κ3) is 4.78. The number of hydrogen-bond acceptors (Lipinski definition) is 5. The molecule has 0 bridgehead atoms. The number of aliphatic hydroxyl groups is 2. The van der Waals surface area contributed by atoms with Crippen LogP contribution in [-0.2, 0) is 21.0 Å². The van der Waals surface area contributed by atoms with Gasteiger partial charge in [-0.2, -0.15) is 0 Å². The third-order valence-corrected chi connectivity index (χ3v) is 8.32. The van der Waals surface area contributed by atoms with Crippen molar-refractivity contribution in [3.05, 3.63) is 93.8 Å². The second-order valence-corrected chi connectivity index (χ2v) is 12.5. The Morgan fingerprint density at radius 1 is 1.17 bits per heavy atom. The van der Waals surface area contributed by atoms with Gasteiger partial charge in [-0.25, -0.2) is 13.4 Å². The Morgan fingerprint density at radius 2 is 1.86 bits per heavy atom. The van der Waals surface area contributed by atoms with Crippen LogP contribution < -0.4 is 0 Å². The summed E-state index contributed by atoms with van der Waals surface area (Å²) in [7, 11) is -3.37. The smallest absolute Gasteiger partial charge is 0.175 e. The number of benzene rings is 2. The Balaban J connectivity index is 1.88. The van der Waals surface area contributed by atoms with Crippen molar-refractivity contribution in [1.29, 1.82) is 0 Å². The van der Waals surface area contributed by atoms with Gasteiger partial charge in [0.15, 0.2) is 9.84 Å². The first kappa shape index (κ1) is 26.6. The van der Waals surface area contributed by atoms with Crippen LogP contribution in [0, 0.1) is 6.92 Å². The predicted molar refractivity (Wildman–Crippen MR) is 143 cm³/mol. The zero-order chi connectivity index (χ0) is 26.5. The molecule has 2 aromatic carbocycles. The van der Waals surface area contributed by atoms with Crippen LogP contribution in [0.15, 0.2) is 76.8 Å². The van der Waals surface area contributed by atoms with Crippen LogP contribution in [0.2, 0.25) is 5.02 Å². The number of aromatic nitrogens is 2. The molecule has 1 heterocycles. The predicted octanol–water partition coefficient (Wildman–Crippen LogP) is 5.31. The van der Waals surface area contributed by atoms with E-state index in [4.69, 9.17) is 28.2 Å². The minimum Gasteiger partial charge on any atom is -0.393 e. The van der Waals surface area contributed by atoms with E-state index >= 15 is 0 Å². The van der Waals surface area contributed by atoms with Crippen molar-refractivity contribution in [3.8, 4) is 11.4 Å². The topological polar surface area (TPSA) is 92.4 Å². The fraction of sp³-hybridized carbons (Fsp3) is 0.296. The molecule has 0 amide bonds. The zero-order valence-electron chi connectivity index (χ0n) is 20.4. The van der Waals surface area contributed by atoms with Crippen LogP contribution in [0.5, 0.6) is 0 Å². The standard InChI is InChI=1S/C27H28Cl2N2O4S/c1-17-7-5-10-21(28)24(17)25-30-23(26(2,3)33)15-31(25)27(16-32)12-11-19(14-22(27)29)18-8-6-9-20(13-18)36(4,34)35/h5-15,19,32-33H,16H2,1-4H3. The van der Waals surface area contributed by atoms with Crippen LogP contribution in [0.25, 0.3) is 11.4 Å². The van der Waals surface area contributed by atoms with E-state index in [1.807, 2.05) is 31.2 Å². The van der Waals surface area contributed by atoms with Gasteiger partial charge in [-0.3, -0.25) is 0 Å². The molecular weight excluding hydrogens is 519 g/mol. The van der Waals surface area contributed by atoms with E-state index in [1.165, 1.54) is 6.26 Å². The first-order valence-electron chi connectivity index (χ1n) is 11.3. The van der Waals surface area contributed by atoms with Gasteiger partial charge < -0.3 is 14.8 Å². The molecule has 0 saturated heterocycles. The quantitative estimate of drug-likeness (QED) is 0.409. The van der Waals surface area contributed by atoms with Crippen molar-refractivity contribution >= 4 is 33.0 Å². The lowest BCUT2D eigenvalue weighted by Crippen LogP contribution is -2.38. The first-order chi connectivity index (χ1) is 16.8. The van der Waals surface area contributed by atoms with Crippen molar-refractivity contribution in [3.63, 3.8) is 0 Å². The molecule has 4 rings (SSSR count). The van der Waals surface area contributed by atoms with E-state index in [0.29, 0.717) is 27.1 Å². The summed E-state index contributed by atoms with van der Waals surface area (Å²) >= 11 is 13.5. The lowest BCUT2D eigenvalue weighted by molar-refractivity contribution is 0.0740. The largest absolute Gasteiger partial charge is 0.393 e. The average Bonchev–Trinajstić information content (AvgIpc) is 3.25. The maximum atomic E-state index is 12.0. The van der Waals surface area contributed by atoms with E-state index in [-0.39, 0.29) is 17.4 Å². The van der Waals surface area contributed by atoms with E-state index in [2.05, 4.69) is 0 Å². The molecule has 1 aromatic heterocycles. The molecule has 9 heteroatoms. The van der Waals surface area contributed by atoms with Gasteiger partial charge in [-0.15, -0.1) is 0 Å². The number of sulfone groups is 1. The monoisotopic (exact) mass is 546 g/mol. The molecular formula is C27H28Cl2N2O4S. The maximum absolute atomic E-state index is 12.0. The van der Waals surface area contributed by atoms with Gasteiger partial charge in [0.2, 0.25) is 0 Å². The lowest BCUT2D eigenvalue weighted by Gasteiger charge is -2.35. The number of aryl methyl sites for hydroxylation is 1. The highest BCUT2D eigenvalue weighted by Gasteiger charge is 2.39. The highest BCUT2D eigenvalue weighted by molar-refractivity contribution is 7.90. The zero-order valence-corrected chi connectivity index (χ0v) is 22.7. The molecule has 0 fully saturated rings. The molecule has 1 aliphatic carbocycles. The van der Waals surface area contributed by atoms with E-state index in [9.17, 15) is 18.6 Å². The molecule has 1 aliphatic rings. The second kappa shape index (κ2) is 9.47. The Labute approximate surface area is 221 Å². The van der Waals surface area contributed by atoms with Crippen LogP contribution in [0.1, 0.15) is 36.6 Å². The molecule has 0 aliphatic heterocycles. The maximum Gasteiger partial charge on any atom is 0.175 e. The van der Waals surface area contributed by atoms with Gasteiger partial charge >= 0.3 is 0 Å². The molecule has 0 radical (unpaired) electrons. The van der Waals surface area contributed by atoms with Crippen LogP contribution >= 0.6 is 23.2 Å². The Bertz CT molecular complexity index is 1470. The summed E-state index contributed by atoms with van der Waals surface area (Å²) in [5.74, 6) is 0.152. The highest BCUT2D eigenvalue weighted by Crippen LogP contribution is 2.43. The number of halogens is 2. The van der Waals surface area contributed by atoms with Gasteiger partial charge in [0.1, 0.15) is 17.0 Å². The van der Waals surface area contributed by atoms with Gasteiger partial charge in [0.25, 0.3) is 0 Å². The van der Waals surface area contributed by atoms with Gasteiger partial charge in [-0.1, -0.05) is 65.7 Å². The normalized spacial score (nSPS) is 20.4. The molecule has 6 nitrogen and oxygen atoms in total. The van der Waals surface area contributed by atoms with Crippen LogP contribution in [-0.4, -0.2) is 41.0 Å². The third-order valence-electron chi connectivity index (χ3n) is 6.44. The average molecular weight is 548 g/mol. The molecule has 2 atom stereocenters. The van der Waals surface area contributed by atoms with Gasteiger partial charge in [-0.05, 0) is 50.1 Å². The summed E-state index contributed by atoms with van der Waals surface area (Å²) in [6.07, 6.45) is 8.29.